The number of methoxy groups -OCH3 is 4. The monoisotopic (exact) mass is 788 g/mol. The molecule has 0 spiro atoms. The van der Waals surface area contributed by atoms with Crippen LogP contribution in [0.2, 0.25) is 0 Å². The molecule has 18 nitrogen and oxygen atoms in total. The molecule has 2 saturated heterocycles. The normalized spacial score (nSPS) is 26.1. The number of benzene rings is 3. The Labute approximate surface area is 320 Å². The Hall–Kier alpha value is -5.18. The third-order valence-corrected chi connectivity index (χ3v) is 8.94. The average molecular weight is 789 g/mol. The molecule has 5 rings (SSSR count). The van der Waals surface area contributed by atoms with Gasteiger partial charge in [-0.1, -0.05) is 12.1 Å². The summed E-state index contributed by atoms with van der Waals surface area (Å²) in [6.07, 6.45) is -8.52. The van der Waals surface area contributed by atoms with Crippen LogP contribution in [0.3, 0.4) is 0 Å². The van der Waals surface area contributed by atoms with Crippen LogP contribution in [0, 0.1) is 0 Å². The fourth-order valence-electron chi connectivity index (χ4n) is 5.69. The van der Waals surface area contributed by atoms with Gasteiger partial charge in [0.1, 0.15) is 43.7 Å². The van der Waals surface area contributed by atoms with E-state index in [0.717, 1.165) is 0 Å². The van der Waals surface area contributed by atoms with Gasteiger partial charge in [0.25, 0.3) is 0 Å². The van der Waals surface area contributed by atoms with Gasteiger partial charge >= 0.3 is 11.9 Å². The first-order valence-corrected chi connectivity index (χ1v) is 17.1. The molecule has 2 aliphatic heterocycles. The van der Waals surface area contributed by atoms with Gasteiger partial charge in [-0.15, -0.1) is 0 Å². The minimum atomic E-state index is -2.07. The van der Waals surface area contributed by atoms with Crippen LogP contribution in [-0.2, 0) is 35.1 Å². The molecule has 56 heavy (non-hydrogen) atoms. The Bertz CT molecular complexity index is 1850. The number of phenolic OH excluding ortho intramolecular Hbond substituents is 1. The van der Waals surface area contributed by atoms with E-state index in [1.807, 2.05) is 0 Å². The molecule has 0 aromatic heterocycles. The molecule has 0 aliphatic carbocycles. The van der Waals surface area contributed by atoms with E-state index in [1.165, 1.54) is 77.0 Å². The first kappa shape index (κ1) is 42.0. The van der Waals surface area contributed by atoms with Gasteiger partial charge in [-0.25, -0.2) is 9.59 Å². The van der Waals surface area contributed by atoms with Crippen LogP contribution in [0.1, 0.15) is 21.5 Å². The van der Waals surface area contributed by atoms with Crippen molar-refractivity contribution in [2.24, 2.45) is 0 Å². The standard InChI is InChI=1S/C38H44O18/c1-47-24-11-8-22(15-28(24)50-4)35(45)53-18-38(46)19-54-37(34(38)44)52-17-29-31(41)32(42)33(43)36(56-29)55-25-10-6-21(14-27(25)49-3)16-51-30(40)12-7-20-5-9-23(39)26(13-20)48-2/h5-15,29,31-34,36-37,39,41-44,46H,16-19H2,1-4H3/b12-7+/t29-,31-,32+,33-,34+,36-,37-,38-/m1/s1. The lowest BCUT2D eigenvalue weighted by Gasteiger charge is -2.40. The van der Waals surface area contributed by atoms with Crippen LogP contribution < -0.4 is 23.7 Å². The first-order chi connectivity index (χ1) is 26.8. The Morgan fingerprint density at radius 3 is 2.20 bits per heavy atom. The maximum Gasteiger partial charge on any atom is 0.338 e. The molecular weight excluding hydrogens is 744 g/mol. The maximum absolute atomic E-state index is 12.7. The third kappa shape index (κ3) is 9.78. The number of hydrogen-bond donors (Lipinski definition) is 6. The Balaban J connectivity index is 1.14. The number of hydrogen-bond acceptors (Lipinski definition) is 18. The number of ether oxygens (including phenoxy) is 10. The molecule has 0 unspecified atom stereocenters. The summed E-state index contributed by atoms with van der Waals surface area (Å²) < 4.78 is 53.9. The van der Waals surface area contributed by atoms with Gasteiger partial charge in [0, 0.05) is 6.08 Å². The molecule has 8 atom stereocenters. The highest BCUT2D eigenvalue weighted by Gasteiger charge is 2.51. The number of esters is 2. The highest BCUT2D eigenvalue weighted by Crippen LogP contribution is 2.34. The van der Waals surface area contributed by atoms with Gasteiger partial charge in [-0.05, 0) is 59.7 Å². The summed E-state index contributed by atoms with van der Waals surface area (Å²) in [6.45, 7) is -1.80. The Morgan fingerprint density at radius 1 is 0.786 bits per heavy atom. The van der Waals surface area contributed by atoms with Crippen molar-refractivity contribution in [3.05, 3.63) is 77.4 Å². The van der Waals surface area contributed by atoms with Crippen molar-refractivity contribution in [2.45, 2.75) is 55.3 Å². The summed E-state index contributed by atoms with van der Waals surface area (Å²) in [5.41, 5.74) is -0.857. The summed E-state index contributed by atoms with van der Waals surface area (Å²) in [5.74, 6) is -0.369. The number of carbonyl (C=O) groups is 2. The lowest BCUT2D eigenvalue weighted by molar-refractivity contribution is -0.289. The second kappa shape index (κ2) is 18.6. The Morgan fingerprint density at radius 2 is 1.48 bits per heavy atom. The van der Waals surface area contributed by atoms with E-state index in [9.17, 15) is 40.2 Å². The van der Waals surface area contributed by atoms with Crippen LogP contribution in [0.5, 0.6) is 34.5 Å². The number of aliphatic hydroxyl groups excluding tert-OH is 4. The first-order valence-electron chi connectivity index (χ1n) is 17.1. The molecule has 2 heterocycles. The average Bonchev–Trinajstić information content (AvgIpc) is 3.50. The second-order valence-electron chi connectivity index (χ2n) is 12.7. The molecule has 0 amide bonds. The summed E-state index contributed by atoms with van der Waals surface area (Å²) >= 11 is 0. The predicted molar refractivity (Wildman–Crippen MR) is 190 cm³/mol. The molecule has 304 valence electrons. The van der Waals surface area contributed by atoms with Gasteiger partial charge in [-0.2, -0.15) is 0 Å². The van der Waals surface area contributed by atoms with E-state index in [0.29, 0.717) is 16.9 Å². The molecular formula is C38H44O18. The van der Waals surface area contributed by atoms with Crippen LogP contribution in [0.25, 0.3) is 6.08 Å². The third-order valence-electron chi connectivity index (χ3n) is 8.94. The maximum atomic E-state index is 12.7. The van der Waals surface area contributed by atoms with Crippen molar-refractivity contribution in [1.82, 2.24) is 0 Å². The lowest BCUT2D eigenvalue weighted by Crippen LogP contribution is -2.60. The molecule has 6 N–H and O–H groups in total. The van der Waals surface area contributed by atoms with Gasteiger partial charge in [-0.3, -0.25) is 0 Å². The fourth-order valence-corrected chi connectivity index (χ4v) is 5.69. The van der Waals surface area contributed by atoms with E-state index in [2.05, 4.69) is 0 Å². The van der Waals surface area contributed by atoms with Crippen LogP contribution in [-0.4, -0.2) is 140 Å². The quantitative estimate of drug-likeness (QED) is 0.0863. The molecule has 2 fully saturated rings. The van der Waals surface area contributed by atoms with Crippen molar-refractivity contribution in [3.8, 4) is 34.5 Å². The van der Waals surface area contributed by atoms with E-state index in [4.69, 9.17) is 47.4 Å². The highest BCUT2D eigenvalue weighted by atomic mass is 16.7. The predicted octanol–water partition coefficient (Wildman–Crippen LogP) is 0.692. The zero-order valence-corrected chi connectivity index (χ0v) is 30.8. The van der Waals surface area contributed by atoms with E-state index >= 15 is 0 Å². The van der Waals surface area contributed by atoms with Crippen LogP contribution in [0.15, 0.2) is 60.7 Å². The number of aromatic hydroxyl groups is 1. The zero-order chi connectivity index (χ0) is 40.6. The topological polar surface area (TPSA) is 248 Å². The summed E-state index contributed by atoms with van der Waals surface area (Å²) in [7, 11) is 5.60. The molecule has 2 aliphatic rings. The van der Waals surface area contributed by atoms with Crippen LogP contribution >= 0.6 is 0 Å². The number of aliphatic hydroxyl groups is 5. The molecule has 0 radical (unpaired) electrons. The van der Waals surface area contributed by atoms with E-state index in [-0.39, 0.29) is 40.9 Å². The molecule has 0 saturated carbocycles. The SMILES string of the molecule is COc1cc(/C=C/C(=O)OCc2ccc(O[C@@H]3O[C@H](CO[C@@H]4OC[C@](O)(COC(=O)c5ccc(OC)c(OC)c5)[C@H]4O)[C@@H](O)[C@H](O)[C@H]3O)c(OC)c2)ccc1O. The largest absolute Gasteiger partial charge is 0.504 e. The second-order valence-corrected chi connectivity index (χ2v) is 12.7. The number of carbonyl (C=O) groups excluding carboxylic acids is 2. The summed E-state index contributed by atoms with van der Waals surface area (Å²) in [5, 5.41) is 63.5. The van der Waals surface area contributed by atoms with Crippen molar-refractivity contribution < 1.29 is 87.6 Å². The summed E-state index contributed by atoms with van der Waals surface area (Å²) in [6, 6.07) is 13.4. The zero-order valence-electron chi connectivity index (χ0n) is 30.8. The highest BCUT2D eigenvalue weighted by molar-refractivity contribution is 5.90. The van der Waals surface area contributed by atoms with Crippen molar-refractivity contribution in [1.29, 1.82) is 0 Å². The van der Waals surface area contributed by atoms with Crippen molar-refractivity contribution in [3.63, 3.8) is 0 Å². The van der Waals surface area contributed by atoms with Crippen molar-refractivity contribution in [2.75, 3.05) is 48.3 Å². The fraction of sp³-hybridized carbons (Fsp3) is 0.421. The van der Waals surface area contributed by atoms with Gasteiger partial charge in [0.05, 0.1) is 47.2 Å². The lowest BCUT2D eigenvalue weighted by atomic mass is 9.99. The van der Waals surface area contributed by atoms with Gasteiger partial charge in [0.2, 0.25) is 6.29 Å². The smallest absolute Gasteiger partial charge is 0.338 e. The van der Waals surface area contributed by atoms with Gasteiger partial charge in [0.15, 0.2) is 46.4 Å². The molecule has 0 bridgehead atoms. The number of phenols is 1. The molecule has 3 aromatic rings. The minimum absolute atomic E-state index is 0.0424. The molecule has 18 heteroatoms. The van der Waals surface area contributed by atoms with Crippen LogP contribution in [0.4, 0.5) is 0 Å². The van der Waals surface area contributed by atoms with E-state index in [1.54, 1.807) is 18.2 Å². The van der Waals surface area contributed by atoms with Crippen molar-refractivity contribution >= 4 is 18.0 Å². The number of rotatable bonds is 16. The van der Waals surface area contributed by atoms with E-state index < -0.39 is 80.5 Å². The Kier molecular flexibility index (Phi) is 14.0. The molecule has 3 aromatic carbocycles. The minimum Gasteiger partial charge on any atom is -0.504 e. The van der Waals surface area contributed by atoms with Gasteiger partial charge < -0.3 is 78.0 Å². The summed E-state index contributed by atoms with van der Waals surface area (Å²) in [4.78, 5) is 25.0.